The van der Waals surface area contributed by atoms with Gasteiger partial charge < -0.3 is 14.4 Å². The van der Waals surface area contributed by atoms with Gasteiger partial charge in [0, 0.05) is 25.3 Å². The fourth-order valence-electron chi connectivity index (χ4n) is 2.53. The summed E-state index contributed by atoms with van der Waals surface area (Å²) in [5.41, 5.74) is 1.90. The first-order valence-corrected chi connectivity index (χ1v) is 8.56. The third kappa shape index (κ3) is 6.35. The molecule has 1 aliphatic rings. The zero-order chi connectivity index (χ0) is 18.4. The molecule has 25 heavy (non-hydrogen) atoms. The number of ether oxygens (including phenoxy) is 2. The topological polar surface area (TPSA) is 55.8 Å². The molecule has 0 spiro atoms. The normalized spacial score (nSPS) is 14.6. The van der Waals surface area contributed by atoms with E-state index in [9.17, 15) is 9.59 Å². The van der Waals surface area contributed by atoms with Gasteiger partial charge in [0.25, 0.3) is 0 Å². The van der Waals surface area contributed by atoms with Gasteiger partial charge in [0.05, 0.1) is 6.61 Å². The van der Waals surface area contributed by atoms with Crippen LogP contribution in [0, 0.1) is 0 Å². The smallest absolute Gasteiger partial charge is 0.410 e. The van der Waals surface area contributed by atoms with E-state index >= 15 is 0 Å². The number of amides is 1. The Morgan fingerprint density at radius 2 is 1.92 bits per heavy atom. The van der Waals surface area contributed by atoms with Crippen molar-refractivity contribution in [2.24, 2.45) is 0 Å². The third-order valence-corrected chi connectivity index (χ3v) is 3.72. The largest absolute Gasteiger partial charge is 0.444 e. The second kappa shape index (κ2) is 8.30. The highest BCUT2D eigenvalue weighted by molar-refractivity contribution is 5.77. The van der Waals surface area contributed by atoms with Crippen LogP contribution in [0.5, 0.6) is 0 Å². The number of aldehydes is 1. The number of nitrogens with zero attached hydrogens (tertiary/aromatic N) is 1. The molecule has 5 heteroatoms. The van der Waals surface area contributed by atoms with E-state index in [1.165, 1.54) is 0 Å². The van der Waals surface area contributed by atoms with E-state index in [4.69, 9.17) is 9.47 Å². The van der Waals surface area contributed by atoms with E-state index in [2.05, 4.69) is 0 Å². The summed E-state index contributed by atoms with van der Waals surface area (Å²) in [7, 11) is 1.63. The molecule has 0 unspecified atom stereocenters. The minimum absolute atomic E-state index is 0.224. The fraction of sp³-hybridized carbons (Fsp3) is 0.500. The Kier molecular flexibility index (Phi) is 6.37. The number of rotatable bonds is 7. The van der Waals surface area contributed by atoms with Crippen LogP contribution >= 0.6 is 0 Å². The molecule has 2 rings (SSSR count). The van der Waals surface area contributed by atoms with E-state index in [1.54, 1.807) is 12.0 Å². The third-order valence-electron chi connectivity index (χ3n) is 3.72. The summed E-state index contributed by atoms with van der Waals surface area (Å²) < 4.78 is 10.5. The van der Waals surface area contributed by atoms with E-state index in [-0.39, 0.29) is 12.1 Å². The Labute approximate surface area is 149 Å². The predicted molar refractivity (Wildman–Crippen MR) is 97.5 cm³/mol. The molecule has 1 fully saturated rings. The van der Waals surface area contributed by atoms with Crippen molar-refractivity contribution in [3.05, 3.63) is 41.0 Å². The maximum Gasteiger partial charge on any atom is 0.410 e. The van der Waals surface area contributed by atoms with Crippen LogP contribution in [0.3, 0.4) is 0 Å². The molecule has 5 nitrogen and oxygen atoms in total. The maximum absolute atomic E-state index is 12.5. The molecule has 0 aromatic heterocycles. The highest BCUT2D eigenvalue weighted by atomic mass is 16.6. The summed E-state index contributed by atoms with van der Waals surface area (Å²) in [6, 6.07) is 5.85. The van der Waals surface area contributed by atoms with Gasteiger partial charge in [-0.15, -0.1) is 0 Å². The van der Waals surface area contributed by atoms with Crippen molar-refractivity contribution in [2.75, 3.05) is 13.7 Å². The second-order valence-corrected chi connectivity index (χ2v) is 7.32. The van der Waals surface area contributed by atoms with Gasteiger partial charge in [-0.25, -0.2) is 4.79 Å². The van der Waals surface area contributed by atoms with E-state index < -0.39 is 5.60 Å². The average molecular weight is 345 g/mol. The fourth-order valence-corrected chi connectivity index (χ4v) is 2.53. The molecule has 1 aromatic rings. The summed E-state index contributed by atoms with van der Waals surface area (Å²) in [6.07, 6.45) is 6.31. The molecule has 0 bridgehead atoms. The van der Waals surface area contributed by atoms with Gasteiger partial charge in [-0.1, -0.05) is 12.2 Å². The molecule has 0 N–H and O–H groups in total. The van der Waals surface area contributed by atoms with Crippen molar-refractivity contribution in [1.82, 2.24) is 4.90 Å². The molecule has 0 atom stereocenters. The minimum Gasteiger partial charge on any atom is -0.444 e. The minimum atomic E-state index is -0.525. The average Bonchev–Trinajstić information content (AvgIpc) is 3.35. The van der Waals surface area contributed by atoms with Crippen LogP contribution in [0.4, 0.5) is 4.79 Å². The van der Waals surface area contributed by atoms with Crippen molar-refractivity contribution in [3.8, 4) is 0 Å². The molecular weight excluding hydrogens is 318 g/mol. The van der Waals surface area contributed by atoms with E-state index in [0.717, 1.165) is 30.3 Å². The van der Waals surface area contributed by atoms with Gasteiger partial charge in [0.2, 0.25) is 0 Å². The van der Waals surface area contributed by atoms with Crippen LogP contribution in [0.15, 0.2) is 24.3 Å². The summed E-state index contributed by atoms with van der Waals surface area (Å²) in [4.78, 5) is 25.5. The Bertz CT molecular complexity index is 642. The molecule has 1 saturated carbocycles. The molecule has 0 aliphatic heterocycles. The highest BCUT2D eigenvalue weighted by Gasteiger charge is 2.35. The zero-order valence-corrected chi connectivity index (χ0v) is 15.5. The number of hydrogen-bond acceptors (Lipinski definition) is 4. The lowest BCUT2D eigenvalue weighted by Gasteiger charge is -2.27. The van der Waals surface area contributed by atoms with Crippen LogP contribution in [0.2, 0.25) is 0 Å². The number of methoxy groups -OCH3 is 1. The molecular formula is C20H27NO4. The van der Waals surface area contributed by atoms with Crippen LogP contribution in [0.25, 0.3) is 6.08 Å². The molecule has 0 saturated heterocycles. The van der Waals surface area contributed by atoms with Gasteiger partial charge in [-0.3, -0.25) is 4.79 Å². The van der Waals surface area contributed by atoms with Gasteiger partial charge >= 0.3 is 6.09 Å². The Morgan fingerprint density at radius 1 is 1.24 bits per heavy atom. The lowest BCUT2D eigenvalue weighted by atomic mass is 10.1. The monoisotopic (exact) mass is 345 g/mol. The number of hydrogen-bond donors (Lipinski definition) is 0. The number of carbonyl (C=O) groups is 2. The Morgan fingerprint density at radius 3 is 2.48 bits per heavy atom. The van der Waals surface area contributed by atoms with Gasteiger partial charge in [-0.05, 0) is 62.9 Å². The number of benzene rings is 1. The molecule has 1 aromatic carbocycles. The first-order valence-electron chi connectivity index (χ1n) is 8.56. The summed E-state index contributed by atoms with van der Waals surface area (Å²) in [6.45, 7) is 6.53. The van der Waals surface area contributed by atoms with E-state index in [0.29, 0.717) is 18.7 Å². The molecule has 1 amide bonds. The van der Waals surface area contributed by atoms with Crippen molar-refractivity contribution >= 4 is 18.5 Å². The zero-order valence-electron chi connectivity index (χ0n) is 15.5. The Hall–Kier alpha value is -2.14. The summed E-state index contributed by atoms with van der Waals surface area (Å²) >= 11 is 0. The van der Waals surface area contributed by atoms with Gasteiger partial charge in [0.15, 0.2) is 0 Å². The van der Waals surface area contributed by atoms with Crippen LogP contribution in [-0.2, 0) is 16.0 Å². The van der Waals surface area contributed by atoms with Crippen LogP contribution < -0.4 is 0 Å². The van der Waals surface area contributed by atoms with Crippen molar-refractivity contribution in [1.29, 1.82) is 0 Å². The highest BCUT2D eigenvalue weighted by Crippen LogP contribution is 2.30. The summed E-state index contributed by atoms with van der Waals surface area (Å²) in [5.74, 6) is 0. The van der Waals surface area contributed by atoms with Gasteiger partial charge in [-0.2, -0.15) is 0 Å². The van der Waals surface area contributed by atoms with Crippen LogP contribution in [-0.4, -0.2) is 42.6 Å². The SMILES string of the molecule is COCC=Cc1cc(C=O)cc(CN(C(=O)OC(C)(C)C)C2CC2)c1. The Balaban J connectivity index is 2.19. The second-order valence-electron chi connectivity index (χ2n) is 7.32. The quantitative estimate of drug-likeness (QED) is 0.699. The molecule has 0 radical (unpaired) electrons. The molecule has 1 aliphatic carbocycles. The lowest BCUT2D eigenvalue weighted by molar-refractivity contribution is 0.0216. The lowest BCUT2D eigenvalue weighted by Crippen LogP contribution is -2.37. The van der Waals surface area contributed by atoms with Crippen LogP contribution in [0.1, 0.15) is 55.1 Å². The molecule has 0 heterocycles. The van der Waals surface area contributed by atoms with Crippen molar-refractivity contribution < 1.29 is 19.1 Å². The standard InChI is InChI=1S/C20H27NO4/c1-20(2,3)25-19(23)21(18-7-8-18)13-16-10-15(6-5-9-24-4)11-17(12-16)14-22/h5-6,10-12,14,18H,7-9,13H2,1-4H3. The maximum atomic E-state index is 12.5. The van der Waals surface area contributed by atoms with Gasteiger partial charge in [0.1, 0.15) is 11.9 Å². The first-order chi connectivity index (χ1) is 11.8. The number of carbonyl (C=O) groups excluding carboxylic acids is 2. The molecule has 136 valence electrons. The van der Waals surface area contributed by atoms with Crippen molar-refractivity contribution in [3.63, 3.8) is 0 Å². The first kappa shape index (κ1) is 19.2. The summed E-state index contributed by atoms with van der Waals surface area (Å²) in [5, 5.41) is 0. The predicted octanol–water partition coefficient (Wildman–Crippen LogP) is 4.06. The van der Waals surface area contributed by atoms with Crippen molar-refractivity contribution in [2.45, 2.75) is 51.8 Å². The van der Waals surface area contributed by atoms with E-state index in [1.807, 2.05) is 51.1 Å².